The second kappa shape index (κ2) is 9.14. The Balaban J connectivity index is 1.52. The number of hydrogen-bond acceptors (Lipinski definition) is 4. The normalized spacial score (nSPS) is 14.4. The van der Waals surface area contributed by atoms with Crippen LogP contribution >= 0.6 is 0 Å². The second-order valence-electron chi connectivity index (χ2n) is 7.84. The van der Waals surface area contributed by atoms with E-state index in [1.165, 1.54) is 11.1 Å². The van der Waals surface area contributed by atoms with E-state index < -0.39 is 17.9 Å². The summed E-state index contributed by atoms with van der Waals surface area (Å²) in [5.74, 6) is -2.00. The number of carboxylic acid groups (broad SMARTS) is 1. The molecule has 0 fully saturated rings. The van der Waals surface area contributed by atoms with Crippen molar-refractivity contribution in [1.82, 2.24) is 0 Å². The van der Waals surface area contributed by atoms with Crippen LogP contribution in [0.3, 0.4) is 0 Å². The van der Waals surface area contributed by atoms with Gasteiger partial charge in [0.2, 0.25) is 0 Å². The molecular weight excluding hydrogens is 390 g/mol. The van der Waals surface area contributed by atoms with E-state index in [0.717, 1.165) is 16.7 Å². The van der Waals surface area contributed by atoms with Gasteiger partial charge in [-0.25, -0.2) is 0 Å². The highest BCUT2D eigenvalue weighted by atomic mass is 16.5. The largest absolute Gasteiger partial charge is 0.480 e. The fraction of sp³-hybridized carbons (Fsp3) is 0.231. The minimum Gasteiger partial charge on any atom is -0.480 e. The number of fused-ring (bicyclic) bond motifs is 3. The lowest BCUT2D eigenvalue weighted by Crippen LogP contribution is -2.31. The van der Waals surface area contributed by atoms with Crippen molar-refractivity contribution in [3.63, 3.8) is 0 Å². The highest BCUT2D eigenvalue weighted by molar-refractivity contribution is 5.81. The van der Waals surface area contributed by atoms with E-state index in [1.807, 2.05) is 54.6 Å². The maximum atomic E-state index is 13.1. The molecule has 3 aromatic rings. The molecule has 5 nitrogen and oxygen atoms in total. The van der Waals surface area contributed by atoms with E-state index in [-0.39, 0.29) is 24.9 Å². The first-order valence-corrected chi connectivity index (χ1v) is 10.4. The first-order chi connectivity index (χ1) is 15.1. The lowest BCUT2D eigenvalue weighted by molar-refractivity contribution is -0.146. The molecule has 0 saturated carbocycles. The molecule has 0 aromatic heterocycles. The zero-order valence-corrected chi connectivity index (χ0v) is 17.1. The van der Waals surface area contributed by atoms with Gasteiger partial charge >= 0.3 is 11.9 Å². The van der Waals surface area contributed by atoms with E-state index in [0.29, 0.717) is 6.42 Å². The van der Waals surface area contributed by atoms with Gasteiger partial charge in [-0.05, 0) is 40.7 Å². The van der Waals surface area contributed by atoms with Crippen molar-refractivity contribution in [2.75, 3.05) is 6.61 Å². The number of carbonyl (C=O) groups is 2. The second-order valence-corrected chi connectivity index (χ2v) is 7.84. The molecule has 5 heteroatoms. The fourth-order valence-corrected chi connectivity index (χ4v) is 4.28. The minimum atomic E-state index is -1.07. The lowest BCUT2D eigenvalue weighted by Gasteiger charge is -2.20. The lowest BCUT2D eigenvalue weighted by atomic mass is 9.92. The molecule has 1 aliphatic carbocycles. The van der Waals surface area contributed by atoms with Gasteiger partial charge in [-0.2, -0.15) is 0 Å². The van der Waals surface area contributed by atoms with Gasteiger partial charge in [0.15, 0.2) is 0 Å². The molecule has 0 amide bonds. The Labute approximate surface area is 181 Å². The van der Waals surface area contributed by atoms with Crippen LogP contribution in [-0.2, 0) is 14.3 Å². The number of carboxylic acids is 1. The third-order valence-electron chi connectivity index (χ3n) is 5.92. The van der Waals surface area contributed by atoms with Gasteiger partial charge in [0.05, 0.1) is 5.92 Å². The van der Waals surface area contributed by atoms with Crippen LogP contribution in [0.2, 0.25) is 0 Å². The topological polar surface area (TPSA) is 89.6 Å². The van der Waals surface area contributed by atoms with Crippen LogP contribution in [-0.4, -0.2) is 29.7 Å². The molecule has 3 aromatic carbocycles. The van der Waals surface area contributed by atoms with Crippen LogP contribution in [0.5, 0.6) is 0 Å². The predicted octanol–water partition coefficient (Wildman–Crippen LogP) is 4.32. The first-order valence-electron chi connectivity index (χ1n) is 10.4. The van der Waals surface area contributed by atoms with Gasteiger partial charge in [0.25, 0.3) is 0 Å². The monoisotopic (exact) mass is 415 g/mol. The van der Waals surface area contributed by atoms with E-state index in [4.69, 9.17) is 15.6 Å². The summed E-state index contributed by atoms with van der Waals surface area (Å²) in [7, 11) is 0. The molecule has 0 unspecified atom stereocenters. The number of hydrogen-bond donors (Lipinski definition) is 2. The third-order valence-corrected chi connectivity index (χ3v) is 5.92. The van der Waals surface area contributed by atoms with Crippen LogP contribution in [0.25, 0.3) is 11.1 Å². The van der Waals surface area contributed by atoms with E-state index in [2.05, 4.69) is 24.3 Å². The Kier molecular flexibility index (Phi) is 6.14. The van der Waals surface area contributed by atoms with Crippen LogP contribution in [0.4, 0.5) is 0 Å². The molecule has 3 N–H and O–H groups in total. The summed E-state index contributed by atoms with van der Waals surface area (Å²) in [5, 5.41) is 9.10. The third kappa shape index (κ3) is 4.37. The Hall–Kier alpha value is -3.44. The number of carbonyl (C=O) groups excluding carboxylic acids is 1. The fourth-order valence-electron chi connectivity index (χ4n) is 4.28. The average molecular weight is 415 g/mol. The van der Waals surface area contributed by atoms with Crippen LogP contribution in [0.1, 0.15) is 41.4 Å². The smallest absolute Gasteiger partial charge is 0.320 e. The van der Waals surface area contributed by atoms with Gasteiger partial charge in [0, 0.05) is 5.92 Å². The van der Waals surface area contributed by atoms with Crippen molar-refractivity contribution in [2.24, 2.45) is 5.73 Å². The predicted molar refractivity (Wildman–Crippen MR) is 119 cm³/mol. The molecular formula is C26H25NO4. The summed E-state index contributed by atoms with van der Waals surface area (Å²) in [6, 6.07) is 24.7. The van der Waals surface area contributed by atoms with Gasteiger partial charge in [-0.1, -0.05) is 78.9 Å². The molecule has 2 atom stereocenters. The molecule has 158 valence electrons. The number of nitrogens with two attached hydrogens (primary N) is 1. The van der Waals surface area contributed by atoms with E-state index >= 15 is 0 Å². The Bertz CT molecular complexity index is 1030. The molecule has 4 rings (SSSR count). The maximum absolute atomic E-state index is 13.1. The molecule has 0 spiro atoms. The van der Waals surface area contributed by atoms with Crippen molar-refractivity contribution in [1.29, 1.82) is 0 Å². The standard InChI is InChI=1S/C26H25NO4/c27-24(25(28)29)15-14-18(17-8-2-1-3-9-17)26(30)31-16-23-21-12-6-4-10-19(21)20-11-5-7-13-22(20)23/h1-13,18,23-24H,14-16,27H2,(H,28,29)/t18-,24+/m1/s1. The quantitative estimate of drug-likeness (QED) is 0.535. The Morgan fingerprint density at radius 1 is 0.839 bits per heavy atom. The molecule has 1 aliphatic rings. The van der Waals surface area contributed by atoms with Crippen LogP contribution in [0, 0.1) is 0 Å². The maximum Gasteiger partial charge on any atom is 0.320 e. The van der Waals surface area contributed by atoms with Crippen molar-refractivity contribution in [2.45, 2.75) is 30.7 Å². The summed E-state index contributed by atoms with van der Waals surface area (Å²) in [6.07, 6.45) is 0.507. The number of ether oxygens (including phenoxy) is 1. The first kappa shape index (κ1) is 20.8. The average Bonchev–Trinajstić information content (AvgIpc) is 3.12. The summed E-state index contributed by atoms with van der Waals surface area (Å²) >= 11 is 0. The van der Waals surface area contributed by atoms with Gasteiger partial charge < -0.3 is 15.6 Å². The number of esters is 1. The Morgan fingerprint density at radius 3 is 1.97 bits per heavy atom. The summed E-state index contributed by atoms with van der Waals surface area (Å²) in [4.78, 5) is 24.2. The number of aliphatic carboxylic acids is 1. The zero-order valence-electron chi connectivity index (χ0n) is 17.1. The molecule has 0 radical (unpaired) electrons. The highest BCUT2D eigenvalue weighted by Gasteiger charge is 2.31. The molecule has 31 heavy (non-hydrogen) atoms. The van der Waals surface area contributed by atoms with Gasteiger partial charge in [0.1, 0.15) is 12.6 Å². The summed E-state index contributed by atoms with van der Waals surface area (Å²) in [6.45, 7) is 0.237. The molecule has 0 saturated heterocycles. The van der Waals surface area contributed by atoms with Crippen molar-refractivity contribution < 1.29 is 19.4 Å². The SMILES string of the molecule is N[C@@H](CC[C@@H](C(=O)OCC1c2ccccc2-c2ccccc21)c1ccccc1)C(=O)O. The molecule has 0 bridgehead atoms. The van der Waals surface area contributed by atoms with Gasteiger partial charge in [-0.15, -0.1) is 0 Å². The van der Waals surface area contributed by atoms with Crippen molar-refractivity contribution in [3.05, 3.63) is 95.6 Å². The van der Waals surface area contributed by atoms with E-state index in [1.54, 1.807) is 0 Å². The van der Waals surface area contributed by atoms with Crippen LogP contribution in [0.15, 0.2) is 78.9 Å². The Morgan fingerprint density at radius 2 is 1.39 bits per heavy atom. The summed E-state index contributed by atoms with van der Waals surface area (Å²) < 4.78 is 5.82. The number of rotatable bonds is 8. The van der Waals surface area contributed by atoms with Crippen LogP contribution < -0.4 is 5.73 Å². The van der Waals surface area contributed by atoms with E-state index in [9.17, 15) is 9.59 Å². The molecule has 0 aliphatic heterocycles. The minimum absolute atomic E-state index is 0.0194. The van der Waals surface area contributed by atoms with Crippen molar-refractivity contribution in [3.8, 4) is 11.1 Å². The molecule has 0 heterocycles. The number of benzene rings is 3. The summed E-state index contributed by atoms with van der Waals surface area (Å²) in [5.41, 5.74) is 11.1. The zero-order chi connectivity index (χ0) is 21.8. The van der Waals surface area contributed by atoms with Crippen molar-refractivity contribution >= 4 is 11.9 Å². The van der Waals surface area contributed by atoms with Gasteiger partial charge in [-0.3, -0.25) is 9.59 Å². The highest BCUT2D eigenvalue weighted by Crippen LogP contribution is 2.44.